The van der Waals surface area contributed by atoms with Crippen LogP contribution in [-0.2, 0) is 31.7 Å². The number of benzene rings is 1. The maximum Gasteiger partial charge on any atom is 0.220 e. The minimum Gasteiger partial charge on any atom is -0.350 e. The van der Waals surface area contributed by atoms with Gasteiger partial charge in [0.15, 0.2) is 6.29 Å². The average molecular weight is 461 g/mol. The van der Waals surface area contributed by atoms with Gasteiger partial charge in [-0.2, -0.15) is 4.94 Å². The summed E-state index contributed by atoms with van der Waals surface area (Å²) in [4.78, 5) is 18.9. The average Bonchev–Trinajstić information content (AvgIpc) is 2.75. The number of rotatable bonds is 12. The Balaban J connectivity index is 1.68. The molecule has 6 nitrogen and oxygen atoms in total. The molecule has 0 bridgehead atoms. The van der Waals surface area contributed by atoms with Crippen molar-refractivity contribution in [2.75, 3.05) is 26.5 Å². The van der Waals surface area contributed by atoms with Crippen LogP contribution in [0.25, 0.3) is 0 Å². The van der Waals surface area contributed by atoms with Crippen LogP contribution >= 0.6 is 0 Å². The molecular weight excluding hydrogens is 426 g/mol. The van der Waals surface area contributed by atoms with E-state index in [0.717, 1.165) is 29.8 Å². The molecule has 9 heteroatoms. The lowest BCUT2D eigenvalue weighted by molar-refractivity contribution is -0.304. The molecule has 1 saturated heterocycles. The normalized spacial score (nSPS) is 23.5. The second-order valence-electron chi connectivity index (χ2n) is 8.25. The quantitative estimate of drug-likeness (QED) is 0.485. The highest BCUT2D eigenvalue weighted by Gasteiger charge is 2.30. The molecule has 1 aliphatic rings. The van der Waals surface area contributed by atoms with E-state index in [2.05, 4.69) is 15.2 Å². The first-order valence-corrected chi connectivity index (χ1v) is 12.3. The zero-order valence-corrected chi connectivity index (χ0v) is 19.3. The van der Waals surface area contributed by atoms with Gasteiger partial charge in [-0.3, -0.25) is 9.00 Å². The molecule has 176 valence electrons. The molecule has 1 fully saturated rings. The van der Waals surface area contributed by atoms with Gasteiger partial charge in [-0.05, 0) is 68.4 Å². The fourth-order valence-corrected chi connectivity index (χ4v) is 4.38. The van der Waals surface area contributed by atoms with Crippen LogP contribution in [0.4, 0.5) is 8.92 Å². The molecule has 1 amide bonds. The minimum absolute atomic E-state index is 0.0642. The predicted molar refractivity (Wildman–Crippen MR) is 116 cm³/mol. The number of nitrogens with zero attached hydrogens (tertiary/aromatic N) is 1. The minimum atomic E-state index is -1.05. The van der Waals surface area contributed by atoms with Crippen LogP contribution in [-0.4, -0.2) is 66.0 Å². The Bertz CT molecular complexity index is 707. The lowest BCUT2D eigenvalue weighted by atomic mass is 10.0. The standard InChI is InChI=1S/C22H34F2N2O4S/c1-16-12-19(14-22(29-16)30-24)26(2)11-5-4-6-21(27)25-18(15-23)13-17-7-9-20(10-8-17)31(3)28/h7-10,16,18-19,22H,4-6,11-15H2,1-3H3,(H,25,27)/t16-,18+,19+,22?,31?/m1/s1. The van der Waals surface area contributed by atoms with E-state index in [9.17, 15) is 17.9 Å². The Labute approximate surface area is 186 Å². The Morgan fingerprint density at radius 1 is 1.32 bits per heavy atom. The van der Waals surface area contributed by atoms with Crippen LogP contribution in [0.5, 0.6) is 0 Å². The number of unbranched alkanes of at least 4 members (excludes halogenated alkanes) is 1. The molecule has 1 N–H and O–H groups in total. The number of alkyl halides is 1. The molecule has 5 atom stereocenters. The summed E-state index contributed by atoms with van der Waals surface area (Å²) in [6, 6.07) is 6.76. The van der Waals surface area contributed by atoms with Crippen molar-refractivity contribution in [1.82, 2.24) is 10.2 Å². The molecule has 1 aliphatic heterocycles. The van der Waals surface area contributed by atoms with Crippen molar-refractivity contribution in [3.8, 4) is 0 Å². The Hall–Kier alpha value is -1.42. The van der Waals surface area contributed by atoms with Gasteiger partial charge < -0.3 is 15.0 Å². The van der Waals surface area contributed by atoms with Crippen LogP contribution in [0.15, 0.2) is 29.2 Å². The number of carbonyl (C=O) groups is 1. The number of carbonyl (C=O) groups excluding carboxylic acids is 1. The summed E-state index contributed by atoms with van der Waals surface area (Å²) in [5.74, 6) is -0.165. The first kappa shape index (κ1) is 25.8. The van der Waals surface area contributed by atoms with Gasteiger partial charge in [0.1, 0.15) is 6.67 Å². The largest absolute Gasteiger partial charge is 0.350 e. The Morgan fingerprint density at radius 2 is 2.03 bits per heavy atom. The third-order valence-corrected chi connectivity index (χ3v) is 6.56. The maximum absolute atomic E-state index is 13.4. The molecule has 2 rings (SSSR count). The lowest BCUT2D eigenvalue weighted by Gasteiger charge is -2.36. The van der Waals surface area contributed by atoms with Gasteiger partial charge in [-0.15, -0.1) is 0 Å². The van der Waals surface area contributed by atoms with E-state index in [1.807, 2.05) is 26.1 Å². The van der Waals surface area contributed by atoms with Gasteiger partial charge in [0, 0.05) is 40.8 Å². The number of ether oxygens (including phenoxy) is 1. The van der Waals surface area contributed by atoms with Gasteiger partial charge in [0.25, 0.3) is 0 Å². The SMILES string of the molecule is C[C@@H]1C[C@H](N(C)CCCCC(=O)N[C@H](CF)Cc2ccc(S(C)=O)cc2)CC(OF)O1. The number of amides is 1. The zero-order valence-electron chi connectivity index (χ0n) is 18.5. The number of hydrogen-bond donors (Lipinski definition) is 1. The van der Waals surface area contributed by atoms with Crippen molar-refractivity contribution < 1.29 is 27.6 Å². The van der Waals surface area contributed by atoms with Gasteiger partial charge in [-0.25, -0.2) is 4.39 Å². The molecule has 1 heterocycles. The van der Waals surface area contributed by atoms with E-state index in [-0.39, 0.29) is 18.1 Å². The molecular formula is C22H34F2N2O4S. The summed E-state index contributed by atoms with van der Waals surface area (Å²) >= 11 is 0. The lowest BCUT2D eigenvalue weighted by Crippen LogP contribution is -2.43. The van der Waals surface area contributed by atoms with Crippen molar-refractivity contribution in [2.45, 2.75) is 74.8 Å². The second-order valence-corrected chi connectivity index (χ2v) is 9.63. The number of nitrogens with one attached hydrogen (secondary N) is 1. The summed E-state index contributed by atoms with van der Waals surface area (Å²) in [6.45, 7) is 2.04. The third kappa shape index (κ3) is 8.92. The predicted octanol–water partition coefficient (Wildman–Crippen LogP) is 3.32. The van der Waals surface area contributed by atoms with Crippen molar-refractivity contribution in [1.29, 1.82) is 0 Å². The fourth-order valence-electron chi connectivity index (χ4n) is 3.86. The van der Waals surface area contributed by atoms with E-state index < -0.39 is 29.8 Å². The highest BCUT2D eigenvalue weighted by molar-refractivity contribution is 7.84. The van der Waals surface area contributed by atoms with E-state index in [4.69, 9.17) is 4.74 Å². The fraction of sp³-hybridized carbons (Fsp3) is 0.682. The first-order valence-electron chi connectivity index (χ1n) is 10.7. The van der Waals surface area contributed by atoms with Gasteiger partial charge in [0.2, 0.25) is 5.91 Å². The smallest absolute Gasteiger partial charge is 0.220 e. The Kier molecular flexibility index (Phi) is 11.0. The van der Waals surface area contributed by atoms with Crippen molar-refractivity contribution >= 4 is 16.7 Å². The molecule has 0 radical (unpaired) electrons. The van der Waals surface area contributed by atoms with E-state index in [1.54, 1.807) is 18.4 Å². The van der Waals surface area contributed by atoms with Gasteiger partial charge >= 0.3 is 0 Å². The van der Waals surface area contributed by atoms with E-state index in [1.165, 1.54) is 0 Å². The Morgan fingerprint density at radius 3 is 2.65 bits per heavy atom. The zero-order chi connectivity index (χ0) is 22.8. The summed E-state index contributed by atoms with van der Waals surface area (Å²) < 4.78 is 42.7. The summed E-state index contributed by atoms with van der Waals surface area (Å²) in [5, 5.41) is 2.76. The number of halogens is 2. The van der Waals surface area contributed by atoms with Crippen LogP contribution in [0.3, 0.4) is 0 Å². The highest BCUT2D eigenvalue weighted by atomic mass is 32.2. The van der Waals surface area contributed by atoms with Gasteiger partial charge in [0.05, 0.1) is 12.1 Å². The summed E-state index contributed by atoms with van der Waals surface area (Å²) in [6.07, 6.45) is 4.23. The topological polar surface area (TPSA) is 67.9 Å². The molecule has 1 aromatic carbocycles. The molecule has 0 aliphatic carbocycles. The molecule has 0 spiro atoms. The maximum atomic E-state index is 13.4. The molecule has 2 unspecified atom stereocenters. The molecule has 31 heavy (non-hydrogen) atoms. The van der Waals surface area contributed by atoms with Crippen LogP contribution < -0.4 is 5.32 Å². The monoisotopic (exact) mass is 460 g/mol. The summed E-state index contributed by atoms with van der Waals surface area (Å²) in [5.41, 5.74) is 0.889. The molecule has 1 aromatic rings. The van der Waals surface area contributed by atoms with Crippen LogP contribution in [0.1, 0.15) is 44.6 Å². The first-order chi connectivity index (χ1) is 14.8. The van der Waals surface area contributed by atoms with E-state index in [0.29, 0.717) is 25.7 Å². The van der Waals surface area contributed by atoms with Crippen LogP contribution in [0.2, 0.25) is 0 Å². The van der Waals surface area contributed by atoms with Crippen molar-refractivity contribution in [3.63, 3.8) is 0 Å². The second kappa shape index (κ2) is 13.2. The van der Waals surface area contributed by atoms with E-state index >= 15 is 0 Å². The van der Waals surface area contributed by atoms with Crippen molar-refractivity contribution in [3.05, 3.63) is 29.8 Å². The molecule has 0 saturated carbocycles. The molecule has 0 aromatic heterocycles. The van der Waals surface area contributed by atoms with Crippen molar-refractivity contribution in [2.24, 2.45) is 0 Å². The van der Waals surface area contributed by atoms with Crippen LogP contribution in [0, 0.1) is 0 Å². The number of hydrogen-bond acceptors (Lipinski definition) is 5. The summed E-state index contributed by atoms with van der Waals surface area (Å²) in [7, 11) is 0.931. The third-order valence-electron chi connectivity index (χ3n) is 5.63. The van der Waals surface area contributed by atoms with Gasteiger partial charge in [-0.1, -0.05) is 12.1 Å². The highest BCUT2D eigenvalue weighted by Crippen LogP contribution is 2.24.